The van der Waals surface area contributed by atoms with Crippen molar-refractivity contribution in [3.63, 3.8) is 0 Å². The Morgan fingerprint density at radius 3 is 2.64 bits per heavy atom. The molecule has 0 amide bonds. The van der Waals surface area contributed by atoms with Gasteiger partial charge in [0.05, 0.1) is 5.39 Å². The summed E-state index contributed by atoms with van der Waals surface area (Å²) in [6.45, 7) is 6.45. The van der Waals surface area contributed by atoms with Crippen LogP contribution in [0.4, 0.5) is 16.2 Å². The van der Waals surface area contributed by atoms with Crippen LogP contribution in [0, 0.1) is 5.82 Å². The van der Waals surface area contributed by atoms with Gasteiger partial charge in [-0.05, 0) is 56.4 Å². The maximum Gasteiger partial charge on any atom is 0.230 e. The Balaban J connectivity index is 1.38. The van der Waals surface area contributed by atoms with Crippen molar-refractivity contribution < 1.29 is 9.18 Å². The Kier molecular flexibility index (Phi) is 5.93. The highest BCUT2D eigenvalue weighted by Gasteiger charge is 2.26. The molecule has 1 aliphatic heterocycles. The number of rotatable bonds is 6. The molecule has 172 valence electrons. The van der Waals surface area contributed by atoms with Crippen molar-refractivity contribution in [2.24, 2.45) is 0 Å². The van der Waals surface area contributed by atoms with Crippen LogP contribution in [-0.4, -0.2) is 49.8 Å². The number of pyridine rings is 1. The van der Waals surface area contributed by atoms with E-state index >= 15 is 0 Å². The first-order chi connectivity index (χ1) is 16.0. The molecule has 7 nitrogen and oxygen atoms in total. The fourth-order valence-electron chi connectivity index (χ4n) is 4.96. The quantitative estimate of drug-likeness (QED) is 0.527. The van der Waals surface area contributed by atoms with E-state index in [4.69, 9.17) is 0 Å². The summed E-state index contributed by atoms with van der Waals surface area (Å²) in [6, 6.07) is 4.60. The molecular weight excluding hydrogens is 419 g/mol. The van der Waals surface area contributed by atoms with Crippen LogP contribution in [0.5, 0.6) is 0 Å². The number of hydrogen-bond donors (Lipinski definition) is 1. The molecule has 33 heavy (non-hydrogen) atoms. The first-order valence-electron chi connectivity index (χ1n) is 11.7. The average Bonchev–Trinajstić information content (AvgIpc) is 3.45. The van der Waals surface area contributed by atoms with Crippen LogP contribution in [-0.2, 0) is 0 Å². The minimum atomic E-state index is -0.544. The second-order valence-electron chi connectivity index (χ2n) is 9.18. The fourth-order valence-corrected chi connectivity index (χ4v) is 4.96. The van der Waals surface area contributed by atoms with Gasteiger partial charge in [0.2, 0.25) is 5.95 Å². The molecule has 0 radical (unpaired) electrons. The Hall–Kier alpha value is -3.13. The van der Waals surface area contributed by atoms with Crippen LogP contribution < -0.4 is 5.32 Å². The summed E-state index contributed by atoms with van der Waals surface area (Å²) in [5, 5.41) is 3.40. The number of anilines is 2. The molecule has 0 bridgehead atoms. The highest BCUT2D eigenvalue weighted by Crippen LogP contribution is 2.35. The van der Waals surface area contributed by atoms with Gasteiger partial charge >= 0.3 is 0 Å². The van der Waals surface area contributed by atoms with Crippen molar-refractivity contribution in [3.05, 3.63) is 47.7 Å². The predicted molar refractivity (Wildman–Crippen MR) is 127 cm³/mol. The second kappa shape index (κ2) is 9.02. The summed E-state index contributed by atoms with van der Waals surface area (Å²) >= 11 is 0. The summed E-state index contributed by atoms with van der Waals surface area (Å²) in [6.07, 6.45) is 11.2. The maximum atomic E-state index is 14.8. The SMILES string of the molecule is CC(C)N1CC=C(c2ccc(Nc3ncc4c(F)c(C=O)n(C5CCCC5)c4n3)nc2)CC1. The standard InChI is InChI=1S/C25H29FN6O/c1-16(2)31-11-9-17(10-12-31)18-7-8-22(27-13-18)29-25-28-14-20-23(26)21(15-33)32(24(20)30-25)19-5-3-4-6-19/h7-9,13-16,19H,3-6,10-12H2,1-2H3,(H,27,28,29,30). The average molecular weight is 449 g/mol. The van der Waals surface area contributed by atoms with E-state index in [0.717, 1.165) is 50.8 Å². The van der Waals surface area contributed by atoms with Crippen molar-refractivity contribution in [2.75, 3.05) is 18.4 Å². The number of aromatic nitrogens is 4. The van der Waals surface area contributed by atoms with E-state index in [9.17, 15) is 9.18 Å². The van der Waals surface area contributed by atoms with Crippen molar-refractivity contribution in [1.29, 1.82) is 0 Å². The third-order valence-corrected chi connectivity index (χ3v) is 6.86. The zero-order valence-electron chi connectivity index (χ0n) is 19.1. The number of nitrogens with zero attached hydrogens (tertiary/aromatic N) is 5. The first-order valence-corrected chi connectivity index (χ1v) is 11.7. The second-order valence-corrected chi connectivity index (χ2v) is 9.18. The van der Waals surface area contributed by atoms with E-state index < -0.39 is 5.82 Å². The van der Waals surface area contributed by atoms with Gasteiger partial charge in [-0.3, -0.25) is 9.69 Å². The molecule has 4 heterocycles. The topological polar surface area (TPSA) is 75.9 Å². The molecule has 2 aliphatic rings. The number of nitrogens with one attached hydrogen (secondary N) is 1. The Morgan fingerprint density at radius 2 is 2.00 bits per heavy atom. The van der Waals surface area contributed by atoms with E-state index in [-0.39, 0.29) is 17.1 Å². The number of aldehydes is 1. The van der Waals surface area contributed by atoms with Gasteiger partial charge in [0.25, 0.3) is 0 Å². The molecule has 0 saturated heterocycles. The normalized spacial score (nSPS) is 17.6. The first kappa shape index (κ1) is 21.7. The number of carbonyl (C=O) groups is 1. The minimum absolute atomic E-state index is 0.0580. The van der Waals surface area contributed by atoms with Gasteiger partial charge in [0, 0.05) is 37.6 Å². The van der Waals surface area contributed by atoms with Crippen LogP contribution in [0.2, 0.25) is 0 Å². The Labute approximate surface area is 192 Å². The largest absolute Gasteiger partial charge is 0.317 e. The monoisotopic (exact) mass is 448 g/mol. The van der Waals surface area contributed by atoms with E-state index in [0.29, 0.717) is 29.7 Å². The van der Waals surface area contributed by atoms with E-state index in [2.05, 4.69) is 51.2 Å². The Bertz CT molecular complexity index is 1190. The highest BCUT2D eigenvalue weighted by molar-refractivity contribution is 5.88. The van der Waals surface area contributed by atoms with Crippen LogP contribution in [0.1, 0.15) is 68.0 Å². The van der Waals surface area contributed by atoms with Gasteiger partial charge in [-0.25, -0.2) is 14.4 Å². The zero-order chi connectivity index (χ0) is 22.9. The number of hydrogen-bond acceptors (Lipinski definition) is 6. The van der Waals surface area contributed by atoms with Gasteiger partial charge in [0.15, 0.2) is 12.1 Å². The summed E-state index contributed by atoms with van der Waals surface area (Å²) in [5.74, 6) is 0.410. The lowest BCUT2D eigenvalue weighted by Crippen LogP contribution is -2.34. The number of halogens is 1. The molecule has 3 aromatic heterocycles. The lowest BCUT2D eigenvalue weighted by Gasteiger charge is -2.29. The number of fused-ring (bicyclic) bond motifs is 1. The third kappa shape index (κ3) is 4.15. The smallest absolute Gasteiger partial charge is 0.230 e. The summed E-state index contributed by atoms with van der Waals surface area (Å²) in [5.41, 5.74) is 2.95. The lowest BCUT2D eigenvalue weighted by molar-refractivity contribution is 0.111. The number of carbonyl (C=O) groups excluding carboxylic acids is 1. The van der Waals surface area contributed by atoms with Crippen LogP contribution in [0.25, 0.3) is 16.6 Å². The fraction of sp³-hybridized carbons (Fsp3) is 0.440. The summed E-state index contributed by atoms with van der Waals surface area (Å²) in [4.78, 5) is 27.4. The van der Waals surface area contributed by atoms with Gasteiger partial charge in [-0.1, -0.05) is 18.9 Å². The molecule has 0 spiro atoms. The van der Waals surface area contributed by atoms with Crippen LogP contribution in [0.15, 0.2) is 30.6 Å². The van der Waals surface area contributed by atoms with Crippen LogP contribution >= 0.6 is 0 Å². The molecule has 0 atom stereocenters. The molecular formula is C25H29FN6O. The van der Waals surface area contributed by atoms with E-state index in [1.807, 2.05) is 12.3 Å². The zero-order valence-corrected chi connectivity index (χ0v) is 19.1. The van der Waals surface area contributed by atoms with Crippen molar-refractivity contribution in [1.82, 2.24) is 24.4 Å². The molecule has 5 rings (SSSR count). The molecule has 1 N–H and O–H groups in total. The van der Waals surface area contributed by atoms with Gasteiger partial charge in [-0.2, -0.15) is 4.98 Å². The lowest BCUT2D eigenvalue weighted by atomic mass is 10.0. The molecule has 1 saturated carbocycles. The van der Waals surface area contributed by atoms with Crippen molar-refractivity contribution >= 4 is 34.7 Å². The highest BCUT2D eigenvalue weighted by atomic mass is 19.1. The van der Waals surface area contributed by atoms with Gasteiger partial charge < -0.3 is 9.88 Å². The predicted octanol–water partition coefficient (Wildman–Crippen LogP) is 5.13. The molecule has 0 unspecified atom stereocenters. The third-order valence-electron chi connectivity index (χ3n) is 6.86. The van der Waals surface area contributed by atoms with E-state index in [1.165, 1.54) is 11.8 Å². The van der Waals surface area contributed by atoms with Crippen LogP contribution in [0.3, 0.4) is 0 Å². The summed E-state index contributed by atoms with van der Waals surface area (Å²) in [7, 11) is 0. The summed E-state index contributed by atoms with van der Waals surface area (Å²) < 4.78 is 16.6. The molecule has 0 aromatic carbocycles. The van der Waals surface area contributed by atoms with Gasteiger partial charge in [0.1, 0.15) is 17.2 Å². The molecule has 8 heteroatoms. The minimum Gasteiger partial charge on any atom is -0.317 e. The molecule has 1 fully saturated rings. The molecule has 1 aliphatic carbocycles. The van der Waals surface area contributed by atoms with Gasteiger partial charge in [-0.15, -0.1) is 0 Å². The van der Waals surface area contributed by atoms with Crippen molar-refractivity contribution in [2.45, 2.75) is 58.0 Å². The van der Waals surface area contributed by atoms with E-state index in [1.54, 1.807) is 4.57 Å². The maximum absolute atomic E-state index is 14.8. The van der Waals surface area contributed by atoms with Crippen molar-refractivity contribution in [3.8, 4) is 0 Å². The molecule has 3 aromatic rings. The Morgan fingerprint density at radius 1 is 1.18 bits per heavy atom.